The van der Waals surface area contributed by atoms with Crippen LogP contribution in [0.3, 0.4) is 0 Å². The summed E-state index contributed by atoms with van der Waals surface area (Å²) in [7, 11) is 0. The van der Waals surface area contributed by atoms with E-state index in [9.17, 15) is 19.5 Å². The lowest BCUT2D eigenvalue weighted by atomic mass is 9.77. The Balaban J connectivity index is 1.40. The minimum atomic E-state index is -1.34. The van der Waals surface area contributed by atoms with Crippen LogP contribution in [0.1, 0.15) is 20.8 Å². The van der Waals surface area contributed by atoms with Gasteiger partial charge in [0, 0.05) is 43.2 Å². The van der Waals surface area contributed by atoms with Gasteiger partial charge in [-0.25, -0.2) is 0 Å². The van der Waals surface area contributed by atoms with Gasteiger partial charge in [-0.3, -0.25) is 14.4 Å². The van der Waals surface area contributed by atoms with Crippen LogP contribution in [0.4, 0.5) is 17.1 Å². The molecule has 2 aromatic carbocycles. The summed E-state index contributed by atoms with van der Waals surface area (Å²) in [5, 5.41) is 10.2. The van der Waals surface area contributed by atoms with E-state index in [-0.39, 0.29) is 24.3 Å². The van der Waals surface area contributed by atoms with Crippen molar-refractivity contribution in [3.05, 3.63) is 78.9 Å². The molecule has 0 aromatic heterocycles. The van der Waals surface area contributed by atoms with Crippen molar-refractivity contribution >= 4 is 34.8 Å². The van der Waals surface area contributed by atoms with Gasteiger partial charge < -0.3 is 29.4 Å². The fourth-order valence-corrected chi connectivity index (χ4v) is 7.14. The summed E-state index contributed by atoms with van der Waals surface area (Å²) in [6, 6.07) is 15.6. The van der Waals surface area contributed by atoms with Gasteiger partial charge in [0.25, 0.3) is 5.91 Å². The van der Waals surface area contributed by atoms with E-state index in [0.717, 1.165) is 24.5 Å². The Morgan fingerprint density at radius 3 is 2.21 bits per heavy atom. The number of ether oxygens (including phenoxy) is 1. The lowest BCUT2D eigenvalue weighted by molar-refractivity contribution is -0.143. The minimum absolute atomic E-state index is 0.211. The first kappa shape index (κ1) is 28.2. The molecule has 2 fully saturated rings. The van der Waals surface area contributed by atoms with Crippen molar-refractivity contribution in [3.8, 4) is 0 Å². The first-order chi connectivity index (χ1) is 20.4. The van der Waals surface area contributed by atoms with E-state index in [4.69, 9.17) is 4.74 Å². The van der Waals surface area contributed by atoms with Crippen molar-refractivity contribution in [2.24, 2.45) is 11.8 Å². The number of benzene rings is 2. The van der Waals surface area contributed by atoms with Gasteiger partial charge in [-0.1, -0.05) is 42.5 Å². The Labute approximate surface area is 246 Å². The number of hydrogen-bond donors (Lipinski definition) is 1. The molecule has 1 spiro atoms. The summed E-state index contributed by atoms with van der Waals surface area (Å²) in [5.74, 6) is -2.57. The van der Waals surface area contributed by atoms with Crippen LogP contribution in [0.15, 0.2) is 78.9 Å². The van der Waals surface area contributed by atoms with E-state index in [2.05, 4.69) is 18.7 Å². The molecule has 220 valence electrons. The maximum Gasteiger partial charge on any atom is 0.253 e. The number of amides is 3. The van der Waals surface area contributed by atoms with Crippen molar-refractivity contribution in [1.82, 2.24) is 4.90 Å². The SMILES string of the molecule is CCN(CC)c1ccc(N2CC=C[C@]34O[C@@H]5C=CCN(c6ccccc6)C(=O)[C@@H]5[C@H]3C(=O)N([C@H](C)CO)C4C2=O)cc1. The number of para-hydroxylation sites is 1. The second-order valence-electron chi connectivity index (χ2n) is 11.4. The van der Waals surface area contributed by atoms with Gasteiger partial charge in [0.15, 0.2) is 0 Å². The number of aliphatic hydroxyl groups excluding tert-OH is 1. The summed E-state index contributed by atoms with van der Waals surface area (Å²) in [6.45, 7) is 8.01. The van der Waals surface area contributed by atoms with Gasteiger partial charge >= 0.3 is 0 Å². The van der Waals surface area contributed by atoms with E-state index in [1.165, 1.54) is 4.90 Å². The standard InChI is InChI=1S/C33H38N4O5/c1-4-34(5-2)23-14-16-25(17-15-23)36-20-10-18-33-28(31(40)37(22(3)21-38)29(33)32(36)41)27-26(42-33)13-9-19-35(30(27)39)24-11-7-6-8-12-24/h6-18,22,26-29,38H,4-5,19-21H2,1-3H3/t22-,26-,27+,28+,29?,33+/m1/s1. The Morgan fingerprint density at radius 1 is 0.905 bits per heavy atom. The summed E-state index contributed by atoms with van der Waals surface area (Å²) >= 11 is 0. The molecule has 6 rings (SSSR count). The molecule has 9 nitrogen and oxygen atoms in total. The van der Waals surface area contributed by atoms with Crippen molar-refractivity contribution in [3.63, 3.8) is 0 Å². The highest BCUT2D eigenvalue weighted by Crippen LogP contribution is 2.54. The number of hydrogen-bond acceptors (Lipinski definition) is 6. The number of carbonyl (C=O) groups excluding carboxylic acids is 3. The van der Waals surface area contributed by atoms with Gasteiger partial charge in [0.1, 0.15) is 11.6 Å². The van der Waals surface area contributed by atoms with Crippen LogP contribution < -0.4 is 14.7 Å². The Morgan fingerprint density at radius 2 is 1.55 bits per heavy atom. The molecular weight excluding hydrogens is 532 g/mol. The lowest BCUT2D eigenvalue weighted by Gasteiger charge is -2.37. The second kappa shape index (κ2) is 11.0. The third-order valence-corrected chi connectivity index (χ3v) is 9.19. The molecule has 3 amide bonds. The average molecular weight is 571 g/mol. The number of anilines is 3. The van der Waals surface area contributed by atoms with Gasteiger partial charge in [-0.2, -0.15) is 0 Å². The van der Waals surface area contributed by atoms with Crippen molar-refractivity contribution in [2.75, 3.05) is 47.5 Å². The quantitative estimate of drug-likeness (QED) is 0.515. The van der Waals surface area contributed by atoms with Crippen LogP contribution in [-0.2, 0) is 19.1 Å². The number of fused-ring (bicyclic) bond motifs is 2. The van der Waals surface area contributed by atoms with Crippen LogP contribution in [0.2, 0.25) is 0 Å². The zero-order valence-electron chi connectivity index (χ0n) is 24.3. The van der Waals surface area contributed by atoms with E-state index >= 15 is 0 Å². The van der Waals surface area contributed by atoms with Crippen molar-refractivity contribution in [1.29, 1.82) is 0 Å². The number of likely N-dealkylation sites (tertiary alicyclic amines) is 1. The fraction of sp³-hybridized carbons (Fsp3) is 0.424. The largest absolute Gasteiger partial charge is 0.394 e. The van der Waals surface area contributed by atoms with Gasteiger partial charge in [-0.15, -0.1) is 0 Å². The summed E-state index contributed by atoms with van der Waals surface area (Å²) in [5.41, 5.74) is 1.17. The molecule has 4 aliphatic rings. The van der Waals surface area contributed by atoms with E-state index in [1.807, 2.05) is 78.9 Å². The number of rotatable bonds is 7. The molecule has 4 heterocycles. The molecule has 9 heteroatoms. The lowest BCUT2D eigenvalue weighted by Crippen LogP contribution is -2.57. The maximum absolute atomic E-state index is 14.5. The molecular formula is C33H38N4O5. The van der Waals surface area contributed by atoms with Crippen LogP contribution >= 0.6 is 0 Å². The average Bonchev–Trinajstić information content (AvgIpc) is 3.34. The third-order valence-electron chi connectivity index (χ3n) is 9.19. The van der Waals surface area contributed by atoms with E-state index in [0.29, 0.717) is 18.8 Å². The number of carbonyl (C=O) groups is 3. The van der Waals surface area contributed by atoms with Crippen LogP contribution in [0.25, 0.3) is 0 Å². The number of aliphatic hydroxyl groups is 1. The highest BCUT2D eigenvalue weighted by atomic mass is 16.5. The van der Waals surface area contributed by atoms with Crippen molar-refractivity contribution in [2.45, 2.75) is 44.6 Å². The van der Waals surface area contributed by atoms with Crippen molar-refractivity contribution < 1.29 is 24.2 Å². The molecule has 0 saturated carbocycles. The summed E-state index contributed by atoms with van der Waals surface area (Å²) in [6.07, 6.45) is 6.79. The Kier molecular flexibility index (Phi) is 7.41. The van der Waals surface area contributed by atoms with E-state index < -0.39 is 35.6 Å². The smallest absolute Gasteiger partial charge is 0.253 e. The van der Waals surface area contributed by atoms with Crippen LogP contribution in [0, 0.1) is 11.8 Å². The summed E-state index contributed by atoms with van der Waals surface area (Å²) in [4.78, 5) is 50.1. The number of nitrogens with zero attached hydrogens (tertiary/aromatic N) is 4. The molecule has 1 N–H and O–H groups in total. The van der Waals surface area contributed by atoms with Crippen LogP contribution in [-0.4, -0.2) is 84.3 Å². The van der Waals surface area contributed by atoms with Crippen LogP contribution in [0.5, 0.6) is 0 Å². The first-order valence-corrected chi connectivity index (χ1v) is 14.8. The fourth-order valence-electron chi connectivity index (χ4n) is 7.14. The second-order valence-corrected chi connectivity index (χ2v) is 11.4. The predicted octanol–water partition coefficient (Wildman–Crippen LogP) is 3.00. The van der Waals surface area contributed by atoms with Gasteiger partial charge in [0.2, 0.25) is 11.8 Å². The molecule has 4 aliphatic heterocycles. The molecule has 0 bridgehead atoms. The zero-order valence-corrected chi connectivity index (χ0v) is 24.3. The highest BCUT2D eigenvalue weighted by Gasteiger charge is 2.72. The van der Waals surface area contributed by atoms with Gasteiger partial charge in [0.05, 0.1) is 30.6 Å². The molecule has 0 radical (unpaired) electrons. The monoisotopic (exact) mass is 570 g/mol. The van der Waals surface area contributed by atoms with Gasteiger partial charge in [-0.05, 0) is 57.2 Å². The molecule has 42 heavy (non-hydrogen) atoms. The normalized spacial score (nSPS) is 29.2. The van der Waals surface area contributed by atoms with E-state index in [1.54, 1.807) is 16.7 Å². The Bertz CT molecular complexity index is 1410. The first-order valence-electron chi connectivity index (χ1n) is 14.8. The Hall–Kier alpha value is -3.95. The maximum atomic E-state index is 14.5. The highest BCUT2D eigenvalue weighted by molar-refractivity contribution is 6.07. The molecule has 2 saturated heterocycles. The third kappa shape index (κ3) is 4.25. The molecule has 2 aromatic rings. The zero-order chi connectivity index (χ0) is 29.6. The minimum Gasteiger partial charge on any atom is -0.394 e. The topological polar surface area (TPSA) is 93.6 Å². The molecule has 0 aliphatic carbocycles. The predicted molar refractivity (Wildman–Crippen MR) is 161 cm³/mol. The molecule has 1 unspecified atom stereocenters. The summed E-state index contributed by atoms with van der Waals surface area (Å²) < 4.78 is 6.71. The molecule has 6 atom stereocenters.